The summed E-state index contributed by atoms with van der Waals surface area (Å²) in [4.78, 5) is 11.2. The van der Waals surface area contributed by atoms with E-state index in [4.69, 9.17) is 0 Å². The topological polar surface area (TPSA) is 26.3 Å². The Morgan fingerprint density at radius 3 is 2.04 bits per heavy atom. The Labute approximate surface area is 170 Å². The van der Waals surface area contributed by atoms with Crippen molar-refractivity contribution in [3.63, 3.8) is 0 Å². The van der Waals surface area contributed by atoms with E-state index >= 15 is 0 Å². The van der Waals surface area contributed by atoms with Gasteiger partial charge in [0.1, 0.15) is 0 Å². The first-order valence-corrected chi connectivity index (χ1v) is 8.45. The molecule has 2 nitrogen and oxygen atoms in total. The summed E-state index contributed by atoms with van der Waals surface area (Å²) >= 11 is 0. The van der Waals surface area contributed by atoms with Gasteiger partial charge in [-0.25, -0.2) is 6.07 Å². The van der Waals surface area contributed by atoms with Crippen molar-refractivity contribution in [3.05, 3.63) is 109 Å². The third kappa shape index (κ3) is 5.55. The van der Waals surface area contributed by atoms with Crippen LogP contribution in [0.1, 0.15) is 10.4 Å². The minimum Gasteiger partial charge on any atom is -0.642 e. The van der Waals surface area contributed by atoms with Crippen molar-refractivity contribution in [2.75, 3.05) is 7.11 Å². The SMILES string of the molecule is COC(=O)[c-]1ccc(-c2ccccc2)c1.[Fe].c1ccc(-[c-]2[cH-][cH-][cH-][cH-]2)cc1. The molecule has 0 amide bonds. The van der Waals surface area contributed by atoms with Crippen LogP contribution < -0.4 is 0 Å². The number of hydrogen-bond donors (Lipinski definition) is 0. The molecule has 0 bridgehead atoms. The molecule has 3 heteroatoms. The summed E-state index contributed by atoms with van der Waals surface area (Å²) in [6, 6.07) is 34.2. The van der Waals surface area contributed by atoms with Gasteiger partial charge in [0.2, 0.25) is 0 Å². The van der Waals surface area contributed by atoms with E-state index in [0.29, 0.717) is 5.56 Å². The van der Waals surface area contributed by atoms with Gasteiger partial charge in [-0.3, -0.25) is 4.79 Å². The van der Waals surface area contributed by atoms with Gasteiger partial charge in [-0.15, -0.1) is 6.07 Å². The van der Waals surface area contributed by atoms with Crippen LogP contribution in [0, 0.1) is 0 Å². The summed E-state index contributed by atoms with van der Waals surface area (Å²) in [6.07, 6.45) is 0. The molecule has 0 aliphatic carbocycles. The molecule has 0 fully saturated rings. The second kappa shape index (κ2) is 10.3. The third-order valence-corrected chi connectivity index (χ3v) is 4.05. The quantitative estimate of drug-likeness (QED) is 0.244. The van der Waals surface area contributed by atoms with Gasteiger partial charge in [-0.05, 0) is 0 Å². The monoisotopic (exact) mass is 396 g/mol. The van der Waals surface area contributed by atoms with E-state index in [1.807, 2.05) is 48.5 Å². The van der Waals surface area contributed by atoms with Crippen molar-refractivity contribution in [2.24, 2.45) is 0 Å². The summed E-state index contributed by atoms with van der Waals surface area (Å²) in [7, 11) is 1.39. The Balaban J connectivity index is 0.000000194. The molecule has 0 N–H and O–H groups in total. The molecule has 0 aliphatic rings. The molecule has 4 aromatic rings. The Bertz CT molecular complexity index is 923. The molecule has 4 aromatic carbocycles. The van der Waals surface area contributed by atoms with Gasteiger partial charge in [0.25, 0.3) is 5.97 Å². The number of hydrogen-bond acceptors (Lipinski definition) is 2. The number of esters is 1. The summed E-state index contributed by atoms with van der Waals surface area (Å²) in [5.74, 6) is -0.294. The Kier molecular flexibility index (Phi) is 7.81. The van der Waals surface area contributed by atoms with Crippen LogP contribution >= 0.6 is 0 Å². The van der Waals surface area contributed by atoms with Crippen LogP contribution in [-0.4, -0.2) is 13.1 Å². The van der Waals surface area contributed by atoms with Gasteiger partial charge in [-0.1, -0.05) is 41.5 Å². The van der Waals surface area contributed by atoms with Gasteiger partial charge < -0.3 is 52.3 Å². The zero-order chi connectivity index (χ0) is 18.2. The predicted molar refractivity (Wildman–Crippen MR) is 106 cm³/mol. The molecule has 0 saturated heterocycles. The van der Waals surface area contributed by atoms with Crippen molar-refractivity contribution in [1.29, 1.82) is 0 Å². The number of carbonyl (C=O) groups excluding carboxylic acids is 1. The molecule has 0 aliphatic heterocycles. The number of methoxy groups -OCH3 is 1. The normalized spacial score (nSPS) is 9.52. The zero-order valence-corrected chi connectivity index (χ0v) is 16.1. The fourth-order valence-corrected chi connectivity index (χ4v) is 2.70. The maximum atomic E-state index is 11.2. The van der Waals surface area contributed by atoms with Crippen molar-refractivity contribution in [1.82, 2.24) is 0 Å². The molecular weight excluding hydrogens is 376 g/mol. The summed E-state index contributed by atoms with van der Waals surface area (Å²) in [5, 5.41) is 0. The van der Waals surface area contributed by atoms with E-state index in [1.54, 1.807) is 6.07 Å². The number of benzene rings is 2. The second-order valence-electron chi connectivity index (χ2n) is 5.79. The number of ether oxygens (including phenoxy) is 1. The first-order valence-electron chi connectivity index (χ1n) is 8.45. The molecule has 0 spiro atoms. The molecule has 142 valence electrons. The van der Waals surface area contributed by atoms with E-state index < -0.39 is 0 Å². The fraction of sp³-hybridized carbons (Fsp3) is 0.0417. The first-order chi connectivity index (χ1) is 12.8. The number of carbonyl (C=O) groups is 1. The Morgan fingerprint density at radius 1 is 0.852 bits per heavy atom. The fourth-order valence-electron chi connectivity index (χ4n) is 2.70. The van der Waals surface area contributed by atoms with Gasteiger partial charge >= 0.3 is 0 Å². The number of rotatable bonds is 3. The van der Waals surface area contributed by atoms with E-state index in [0.717, 1.165) is 11.1 Å². The molecule has 0 aromatic heterocycles. The maximum Gasteiger partial charge on any atom is 0.280 e. The van der Waals surface area contributed by atoms with Crippen LogP contribution in [0.4, 0.5) is 0 Å². The molecular formula is C24H20FeO2-6. The maximum absolute atomic E-state index is 11.2. The summed E-state index contributed by atoms with van der Waals surface area (Å²) < 4.78 is 4.65. The van der Waals surface area contributed by atoms with Crippen molar-refractivity contribution in [2.45, 2.75) is 0 Å². The van der Waals surface area contributed by atoms with E-state index in [9.17, 15) is 4.79 Å². The van der Waals surface area contributed by atoms with Crippen LogP contribution in [-0.2, 0) is 21.8 Å². The standard InChI is InChI=1S/C13H11O2.C11H9.Fe/c1-15-13(14)12-8-7-11(9-12)10-5-3-2-4-6-10;1-2-6-10(7-3-1)11-8-4-5-9-11;/h2-9H,1H3;1-9H;/q-1;-5;. The van der Waals surface area contributed by atoms with Crippen molar-refractivity contribution in [3.8, 4) is 22.3 Å². The minimum atomic E-state index is -0.294. The Morgan fingerprint density at radius 2 is 1.44 bits per heavy atom. The molecule has 0 heterocycles. The predicted octanol–water partition coefficient (Wildman–Crippen LogP) is 5.93. The summed E-state index contributed by atoms with van der Waals surface area (Å²) in [6.45, 7) is 0. The van der Waals surface area contributed by atoms with Crippen LogP contribution in [0.2, 0.25) is 0 Å². The van der Waals surface area contributed by atoms with Crippen molar-refractivity contribution >= 4 is 5.97 Å². The second-order valence-corrected chi connectivity index (χ2v) is 5.79. The van der Waals surface area contributed by atoms with Gasteiger partial charge in [0.15, 0.2) is 0 Å². The van der Waals surface area contributed by atoms with E-state index in [-0.39, 0.29) is 23.0 Å². The van der Waals surface area contributed by atoms with E-state index in [2.05, 4.69) is 53.3 Å². The van der Waals surface area contributed by atoms with Crippen LogP contribution in [0.3, 0.4) is 0 Å². The average Bonchev–Trinajstić information content (AvgIpc) is 3.41. The molecule has 4 rings (SSSR count). The van der Waals surface area contributed by atoms with E-state index in [1.165, 1.54) is 18.2 Å². The average molecular weight is 396 g/mol. The molecule has 0 saturated carbocycles. The zero-order valence-electron chi connectivity index (χ0n) is 15.0. The van der Waals surface area contributed by atoms with Crippen molar-refractivity contribution < 1.29 is 26.6 Å². The van der Waals surface area contributed by atoms with Gasteiger partial charge in [0, 0.05) is 17.1 Å². The Hall–Kier alpha value is -2.87. The van der Waals surface area contributed by atoms with Gasteiger partial charge in [0.05, 0.1) is 7.11 Å². The van der Waals surface area contributed by atoms with Gasteiger partial charge in [-0.2, -0.15) is 29.8 Å². The summed E-state index contributed by atoms with van der Waals surface area (Å²) in [5.41, 5.74) is 5.32. The van der Waals surface area contributed by atoms with Crippen LogP contribution in [0.15, 0.2) is 103 Å². The molecule has 0 atom stereocenters. The van der Waals surface area contributed by atoms with Crippen LogP contribution in [0.5, 0.6) is 0 Å². The molecule has 0 unspecified atom stereocenters. The van der Waals surface area contributed by atoms with Crippen LogP contribution in [0.25, 0.3) is 22.3 Å². The molecule has 0 radical (unpaired) electrons. The smallest absolute Gasteiger partial charge is 0.280 e. The largest absolute Gasteiger partial charge is 0.642 e. The molecule has 27 heavy (non-hydrogen) atoms. The minimum absolute atomic E-state index is 0. The first kappa shape index (κ1) is 20.4. The third-order valence-electron chi connectivity index (χ3n) is 4.05.